The minimum atomic E-state index is -1.92. The molecule has 32 heavy (non-hydrogen) atoms. The Kier molecular flexibility index (Phi) is 4.75. The molecule has 0 saturated carbocycles. The van der Waals surface area contributed by atoms with Crippen molar-refractivity contribution < 1.29 is 14.7 Å². The van der Waals surface area contributed by atoms with Gasteiger partial charge in [0.15, 0.2) is 0 Å². The van der Waals surface area contributed by atoms with Gasteiger partial charge < -0.3 is 15.3 Å². The molecule has 6 nitrogen and oxygen atoms in total. The molecule has 5 rings (SSSR count). The highest BCUT2D eigenvalue weighted by atomic mass is 16.3. The number of hydrogen-bond acceptors (Lipinski definition) is 3. The highest BCUT2D eigenvalue weighted by Crippen LogP contribution is 2.56. The van der Waals surface area contributed by atoms with E-state index in [0.29, 0.717) is 35.5 Å². The fourth-order valence-electron chi connectivity index (χ4n) is 5.02. The van der Waals surface area contributed by atoms with Crippen molar-refractivity contribution in [2.24, 2.45) is 0 Å². The van der Waals surface area contributed by atoms with E-state index in [1.807, 2.05) is 67.6 Å². The van der Waals surface area contributed by atoms with Crippen molar-refractivity contribution >= 4 is 23.3 Å². The van der Waals surface area contributed by atoms with Gasteiger partial charge in [-0.1, -0.05) is 80.1 Å². The molecule has 2 aliphatic heterocycles. The van der Waals surface area contributed by atoms with E-state index in [4.69, 9.17) is 0 Å². The van der Waals surface area contributed by atoms with Gasteiger partial charge in [0.1, 0.15) is 0 Å². The second-order valence-corrected chi connectivity index (χ2v) is 8.22. The van der Waals surface area contributed by atoms with Crippen LogP contribution in [0.3, 0.4) is 0 Å². The van der Waals surface area contributed by atoms with E-state index < -0.39 is 17.3 Å². The first-order valence-electron chi connectivity index (χ1n) is 10.9. The maximum absolute atomic E-state index is 14.5. The van der Waals surface area contributed by atoms with Gasteiger partial charge >= 0.3 is 6.03 Å². The summed E-state index contributed by atoms with van der Waals surface area (Å²) in [6.45, 7) is 2.37. The molecule has 3 aromatic rings. The number of nitrogens with one attached hydrogen (secondary N) is 1. The van der Waals surface area contributed by atoms with Gasteiger partial charge in [-0.05, 0) is 30.2 Å². The van der Waals surface area contributed by atoms with Gasteiger partial charge in [-0.2, -0.15) is 0 Å². The molecule has 2 aliphatic rings. The molecule has 2 heterocycles. The van der Waals surface area contributed by atoms with Gasteiger partial charge in [-0.15, -0.1) is 0 Å². The van der Waals surface area contributed by atoms with Crippen molar-refractivity contribution in [3.8, 4) is 0 Å². The quantitative estimate of drug-likeness (QED) is 0.640. The maximum Gasteiger partial charge on any atom is 0.321 e. The first kappa shape index (κ1) is 20.3. The summed E-state index contributed by atoms with van der Waals surface area (Å²) in [6, 6.07) is 25.2. The van der Waals surface area contributed by atoms with Crippen LogP contribution in [0.1, 0.15) is 30.9 Å². The van der Waals surface area contributed by atoms with Crippen molar-refractivity contribution in [1.29, 1.82) is 0 Å². The summed E-state index contributed by atoms with van der Waals surface area (Å²) in [5.41, 5.74) is -1.28. The molecule has 0 unspecified atom stereocenters. The molecular formula is C26H25N3O3. The monoisotopic (exact) mass is 427 g/mol. The third kappa shape index (κ3) is 2.56. The minimum Gasteiger partial charge on any atom is -0.364 e. The second kappa shape index (κ2) is 7.50. The van der Waals surface area contributed by atoms with Crippen molar-refractivity contribution in [2.75, 3.05) is 11.4 Å². The Morgan fingerprint density at radius 2 is 1.50 bits per heavy atom. The van der Waals surface area contributed by atoms with E-state index in [-0.39, 0.29) is 5.91 Å². The fourth-order valence-corrected chi connectivity index (χ4v) is 5.02. The summed E-state index contributed by atoms with van der Waals surface area (Å²) in [6.07, 6.45) is 1.55. The molecule has 162 valence electrons. The summed E-state index contributed by atoms with van der Waals surface area (Å²) in [5, 5.41) is 15.0. The zero-order chi connectivity index (χ0) is 22.3. The van der Waals surface area contributed by atoms with Crippen molar-refractivity contribution in [3.05, 3.63) is 96.1 Å². The van der Waals surface area contributed by atoms with Crippen LogP contribution in [-0.4, -0.2) is 28.5 Å². The van der Waals surface area contributed by atoms with Crippen LogP contribution in [0.2, 0.25) is 0 Å². The Balaban J connectivity index is 1.86. The molecule has 0 spiro atoms. The molecule has 1 fully saturated rings. The van der Waals surface area contributed by atoms with Crippen LogP contribution in [-0.2, 0) is 16.1 Å². The summed E-state index contributed by atoms with van der Waals surface area (Å²) < 4.78 is 0. The predicted octanol–water partition coefficient (Wildman–Crippen LogP) is 4.23. The Labute approximate surface area is 187 Å². The zero-order valence-electron chi connectivity index (χ0n) is 17.9. The lowest BCUT2D eigenvalue weighted by atomic mass is 9.71. The van der Waals surface area contributed by atoms with Crippen LogP contribution in [0.4, 0.5) is 16.2 Å². The number of rotatable bonds is 5. The molecule has 0 aliphatic carbocycles. The second-order valence-electron chi connectivity index (χ2n) is 8.22. The molecular weight excluding hydrogens is 402 g/mol. The van der Waals surface area contributed by atoms with Crippen LogP contribution >= 0.6 is 0 Å². The number of carbonyl (C=O) groups is 2. The highest BCUT2D eigenvalue weighted by molar-refractivity contribution is 6.13. The molecule has 0 radical (unpaired) electrons. The van der Waals surface area contributed by atoms with Crippen LogP contribution in [0.25, 0.3) is 0 Å². The number of carbonyl (C=O) groups excluding carboxylic acids is 2. The van der Waals surface area contributed by atoms with E-state index >= 15 is 0 Å². The summed E-state index contributed by atoms with van der Waals surface area (Å²) in [4.78, 5) is 31.0. The molecule has 3 amide bonds. The van der Waals surface area contributed by atoms with Gasteiger partial charge in [-0.25, -0.2) is 4.79 Å². The first-order chi connectivity index (χ1) is 15.6. The summed E-state index contributed by atoms with van der Waals surface area (Å²) in [5.74, 6) is -0.370. The van der Waals surface area contributed by atoms with E-state index in [9.17, 15) is 14.7 Å². The fraction of sp³-hybridized carbons (Fsp3) is 0.231. The third-order valence-electron chi connectivity index (χ3n) is 6.45. The SMILES string of the molecule is CCCCN1C(=O)N[C@@]2(O)c3ccccc3N(c3ccccc3)C(=O)[C@@]12c1ccccc1. The topological polar surface area (TPSA) is 72.9 Å². The van der Waals surface area contributed by atoms with Gasteiger partial charge in [0.05, 0.1) is 5.69 Å². The average Bonchev–Trinajstić information content (AvgIpc) is 3.07. The third-order valence-corrected chi connectivity index (χ3v) is 6.45. The molecule has 0 aromatic heterocycles. The van der Waals surface area contributed by atoms with Crippen LogP contribution in [0.15, 0.2) is 84.9 Å². The smallest absolute Gasteiger partial charge is 0.321 e. The predicted molar refractivity (Wildman–Crippen MR) is 122 cm³/mol. The van der Waals surface area contributed by atoms with Gasteiger partial charge in [0, 0.05) is 17.8 Å². The van der Waals surface area contributed by atoms with Crippen LogP contribution in [0, 0.1) is 0 Å². The lowest BCUT2D eigenvalue weighted by Crippen LogP contribution is -2.67. The number of amides is 3. The number of aliphatic hydroxyl groups is 1. The Bertz CT molecular complexity index is 1170. The van der Waals surface area contributed by atoms with E-state index in [1.54, 1.807) is 29.2 Å². The number of fused-ring (bicyclic) bond motifs is 3. The maximum atomic E-state index is 14.5. The zero-order valence-corrected chi connectivity index (χ0v) is 17.9. The molecule has 2 atom stereocenters. The number of urea groups is 1. The molecule has 6 heteroatoms. The Morgan fingerprint density at radius 3 is 2.19 bits per heavy atom. The summed E-state index contributed by atoms with van der Waals surface area (Å²) >= 11 is 0. The van der Waals surface area contributed by atoms with Crippen molar-refractivity contribution in [2.45, 2.75) is 31.0 Å². The number of benzene rings is 3. The first-order valence-corrected chi connectivity index (χ1v) is 10.9. The minimum absolute atomic E-state index is 0.343. The van der Waals surface area contributed by atoms with Crippen molar-refractivity contribution in [1.82, 2.24) is 10.2 Å². The molecule has 0 bridgehead atoms. The molecule has 2 N–H and O–H groups in total. The Hall–Kier alpha value is -3.64. The number of para-hydroxylation sites is 2. The average molecular weight is 428 g/mol. The lowest BCUT2D eigenvalue weighted by molar-refractivity contribution is -0.150. The summed E-state index contributed by atoms with van der Waals surface area (Å²) in [7, 11) is 0. The van der Waals surface area contributed by atoms with Gasteiger partial charge in [0.2, 0.25) is 11.3 Å². The Morgan fingerprint density at radius 1 is 0.875 bits per heavy atom. The van der Waals surface area contributed by atoms with E-state index in [2.05, 4.69) is 5.32 Å². The van der Waals surface area contributed by atoms with Gasteiger partial charge in [-0.3, -0.25) is 9.69 Å². The lowest BCUT2D eigenvalue weighted by Gasteiger charge is -2.50. The van der Waals surface area contributed by atoms with Gasteiger partial charge in [0.25, 0.3) is 5.91 Å². The largest absolute Gasteiger partial charge is 0.364 e. The standard InChI is InChI=1S/C26H25N3O3/c1-2-3-18-28-24(31)27-26(32)21-16-10-11-17-22(21)29(20-14-8-5-9-15-20)23(30)25(26,28)19-12-6-4-7-13-19/h4-17,32H,2-3,18H2,1H3,(H,27,31)/t25-,26-/m1/s1. The normalized spacial score (nSPS) is 24.2. The van der Waals surface area contributed by atoms with E-state index in [0.717, 1.165) is 6.42 Å². The number of unbranched alkanes of at least 4 members (excludes halogenated alkanes) is 1. The van der Waals surface area contributed by atoms with Crippen LogP contribution < -0.4 is 10.2 Å². The number of nitrogens with zero attached hydrogens (tertiary/aromatic N) is 2. The number of anilines is 2. The molecule has 3 aromatic carbocycles. The number of hydrogen-bond donors (Lipinski definition) is 2. The van der Waals surface area contributed by atoms with Crippen molar-refractivity contribution in [3.63, 3.8) is 0 Å². The molecule has 1 saturated heterocycles. The van der Waals surface area contributed by atoms with E-state index in [1.165, 1.54) is 4.90 Å². The highest BCUT2D eigenvalue weighted by Gasteiger charge is 2.72. The van der Waals surface area contributed by atoms with Crippen LogP contribution in [0.5, 0.6) is 0 Å².